The van der Waals surface area contributed by atoms with Gasteiger partial charge in [0.25, 0.3) is 0 Å². The maximum Gasteiger partial charge on any atom is 0.0946 e. The van der Waals surface area contributed by atoms with E-state index in [-0.39, 0.29) is 6.04 Å². The third-order valence-corrected chi connectivity index (χ3v) is 6.26. The minimum atomic E-state index is -0.144. The molecule has 1 heterocycles. The molecule has 178 valence electrons. The van der Waals surface area contributed by atoms with Crippen molar-refractivity contribution < 1.29 is 0 Å². The Morgan fingerprint density at radius 2 is 1.58 bits per heavy atom. The highest BCUT2D eigenvalue weighted by molar-refractivity contribution is 5.70. The molecule has 3 aromatic carbocycles. The van der Waals surface area contributed by atoms with Crippen LogP contribution in [0, 0.1) is 12.3 Å². The van der Waals surface area contributed by atoms with Crippen LogP contribution in [-0.4, -0.2) is 4.98 Å². The highest BCUT2D eigenvalue weighted by Crippen LogP contribution is 2.33. The molecule has 2 nitrogen and oxygen atoms in total. The molecule has 0 fully saturated rings. The summed E-state index contributed by atoms with van der Waals surface area (Å²) >= 11 is 0. The average molecular weight is 469 g/mol. The highest BCUT2D eigenvalue weighted by Gasteiger charge is 2.20. The summed E-state index contributed by atoms with van der Waals surface area (Å²) in [5.74, 6) is 3.05. The van der Waals surface area contributed by atoms with Crippen molar-refractivity contribution in [1.82, 2.24) is 4.98 Å². The maximum absolute atomic E-state index is 5.40. The first-order valence-electron chi connectivity index (χ1n) is 12.3. The minimum absolute atomic E-state index is 0.144. The van der Waals surface area contributed by atoms with E-state index in [2.05, 4.69) is 117 Å². The van der Waals surface area contributed by atoms with Gasteiger partial charge in [-0.2, -0.15) is 0 Å². The quantitative estimate of drug-likeness (QED) is 0.207. The third kappa shape index (κ3) is 6.01. The zero-order valence-electron chi connectivity index (χ0n) is 21.1. The van der Waals surface area contributed by atoms with Crippen LogP contribution < -0.4 is 5.32 Å². The number of nitrogens with zero attached hydrogens (tertiary/aromatic N) is 1. The lowest BCUT2D eigenvalue weighted by molar-refractivity contribution is 0.863. The molecule has 0 saturated heterocycles. The molecule has 1 atom stereocenters. The molecule has 4 rings (SSSR count). The van der Waals surface area contributed by atoms with Crippen molar-refractivity contribution in [2.75, 3.05) is 5.32 Å². The lowest BCUT2D eigenvalue weighted by Crippen LogP contribution is -2.16. The number of aromatic nitrogens is 1. The van der Waals surface area contributed by atoms with Crippen LogP contribution in [0.4, 0.5) is 5.69 Å². The summed E-state index contributed by atoms with van der Waals surface area (Å²) in [7, 11) is 0. The summed E-state index contributed by atoms with van der Waals surface area (Å²) in [6.07, 6.45) is 11.1. The second kappa shape index (κ2) is 11.9. The van der Waals surface area contributed by atoms with Crippen LogP contribution in [0.5, 0.6) is 0 Å². The Labute approximate surface area is 215 Å². The number of hydrogen-bond donors (Lipinski definition) is 1. The molecule has 1 unspecified atom stereocenters. The molecule has 0 aliphatic rings. The molecule has 36 heavy (non-hydrogen) atoms. The topological polar surface area (TPSA) is 24.9 Å². The molecular formula is C34H32N2. The van der Waals surface area contributed by atoms with Crippen molar-refractivity contribution in [2.45, 2.75) is 32.7 Å². The largest absolute Gasteiger partial charge is 0.373 e. The Morgan fingerprint density at radius 1 is 0.861 bits per heavy atom. The minimum Gasteiger partial charge on any atom is -0.373 e. The number of rotatable bonds is 8. The molecule has 0 bridgehead atoms. The fraction of sp³-hybridized carbons (Fsp3) is 0.147. The molecule has 0 amide bonds. The van der Waals surface area contributed by atoms with Crippen LogP contribution in [-0.2, 0) is 0 Å². The van der Waals surface area contributed by atoms with Crippen LogP contribution >= 0.6 is 0 Å². The van der Waals surface area contributed by atoms with Crippen molar-refractivity contribution in [2.24, 2.45) is 0 Å². The summed E-state index contributed by atoms with van der Waals surface area (Å²) in [5, 5.41) is 3.78. The van der Waals surface area contributed by atoms with Crippen LogP contribution in [0.2, 0.25) is 0 Å². The van der Waals surface area contributed by atoms with Crippen LogP contribution in [0.1, 0.15) is 55.1 Å². The average Bonchev–Trinajstić information content (AvgIpc) is 2.92. The second-order valence-electron chi connectivity index (χ2n) is 9.13. The van der Waals surface area contributed by atoms with E-state index in [0.717, 1.165) is 39.3 Å². The second-order valence-corrected chi connectivity index (χ2v) is 9.13. The Balaban J connectivity index is 1.81. The van der Waals surface area contributed by atoms with Crippen LogP contribution in [0.25, 0.3) is 16.8 Å². The number of pyridine rings is 1. The van der Waals surface area contributed by atoms with E-state index in [4.69, 9.17) is 11.4 Å². The molecule has 1 N–H and O–H groups in total. The van der Waals surface area contributed by atoms with E-state index in [1.54, 1.807) is 6.08 Å². The van der Waals surface area contributed by atoms with Gasteiger partial charge in [0.15, 0.2) is 0 Å². The molecular weight excluding hydrogens is 436 g/mol. The predicted octanol–water partition coefficient (Wildman–Crippen LogP) is 8.67. The predicted molar refractivity (Wildman–Crippen MR) is 154 cm³/mol. The normalized spacial score (nSPS) is 12.5. The zero-order valence-corrected chi connectivity index (χ0v) is 21.1. The van der Waals surface area contributed by atoms with Gasteiger partial charge in [0, 0.05) is 11.3 Å². The number of hydrogen-bond acceptors (Lipinski definition) is 2. The maximum atomic E-state index is 5.40. The number of anilines is 1. The Hall–Kier alpha value is -4.35. The van der Waals surface area contributed by atoms with Gasteiger partial charge in [0.2, 0.25) is 0 Å². The van der Waals surface area contributed by atoms with Gasteiger partial charge in [-0.25, -0.2) is 0 Å². The third-order valence-electron chi connectivity index (χ3n) is 6.26. The monoisotopic (exact) mass is 468 g/mol. The Bertz CT molecular complexity index is 1390. The zero-order chi connectivity index (χ0) is 25.3. The van der Waals surface area contributed by atoms with Crippen LogP contribution in [0.15, 0.2) is 115 Å². The van der Waals surface area contributed by atoms with Gasteiger partial charge in [-0.3, -0.25) is 4.98 Å². The van der Waals surface area contributed by atoms with Gasteiger partial charge in [-0.1, -0.05) is 105 Å². The molecule has 1 aromatic heterocycles. The molecule has 0 saturated carbocycles. The summed E-state index contributed by atoms with van der Waals surface area (Å²) in [5.41, 5.74) is 8.84. The first-order valence-corrected chi connectivity index (χ1v) is 12.3. The van der Waals surface area contributed by atoms with Crippen molar-refractivity contribution in [3.05, 3.63) is 138 Å². The summed E-state index contributed by atoms with van der Waals surface area (Å²) < 4.78 is 0. The number of nitrogens with one attached hydrogen (secondary N) is 1. The van der Waals surface area contributed by atoms with Crippen molar-refractivity contribution in [1.29, 1.82) is 0 Å². The summed E-state index contributed by atoms with van der Waals surface area (Å²) in [6.45, 7) is 6.54. The molecule has 0 aliphatic carbocycles. The molecule has 0 aliphatic heterocycles. The van der Waals surface area contributed by atoms with E-state index < -0.39 is 0 Å². The van der Waals surface area contributed by atoms with Gasteiger partial charge in [-0.05, 0) is 65.4 Å². The lowest BCUT2D eigenvalue weighted by Gasteiger charge is -2.24. The van der Waals surface area contributed by atoms with Crippen molar-refractivity contribution >= 4 is 11.3 Å². The standard InChI is InChI=1S/C34H32N2/c1-5-6-8-14-26(4)30-17-11-12-18-31(30)34(35-29-23-21-27(22-24-29)25(2)3)33-20-13-19-32(36-33)28-15-9-7-10-16-28/h1,6-25,34-35H,2-4H3/b8-6-,26-14+. The Kier molecular flexibility index (Phi) is 8.16. The first kappa shape index (κ1) is 24.8. The Morgan fingerprint density at radius 3 is 2.31 bits per heavy atom. The molecule has 2 heteroatoms. The lowest BCUT2D eigenvalue weighted by atomic mass is 9.92. The van der Waals surface area contributed by atoms with Gasteiger partial charge in [0.05, 0.1) is 17.4 Å². The van der Waals surface area contributed by atoms with Gasteiger partial charge >= 0.3 is 0 Å². The van der Waals surface area contributed by atoms with E-state index in [1.807, 2.05) is 24.3 Å². The van der Waals surface area contributed by atoms with E-state index in [0.29, 0.717) is 5.92 Å². The van der Waals surface area contributed by atoms with Gasteiger partial charge < -0.3 is 5.32 Å². The highest BCUT2D eigenvalue weighted by atomic mass is 15.0. The number of benzene rings is 3. The SMILES string of the molecule is C#C/C=C\C=C(/C)c1ccccc1C(Nc1ccc(C(C)C)cc1)c1cccc(-c2ccccc2)n1. The fourth-order valence-corrected chi connectivity index (χ4v) is 4.27. The molecule has 0 spiro atoms. The van der Waals surface area contributed by atoms with Crippen molar-refractivity contribution in [3.8, 4) is 23.6 Å². The van der Waals surface area contributed by atoms with Crippen molar-refractivity contribution in [3.63, 3.8) is 0 Å². The van der Waals surface area contributed by atoms with Gasteiger partial charge in [0.1, 0.15) is 0 Å². The number of terminal acetylenes is 1. The van der Waals surface area contributed by atoms with E-state index in [9.17, 15) is 0 Å². The molecule has 0 radical (unpaired) electrons. The van der Waals surface area contributed by atoms with Gasteiger partial charge in [-0.15, -0.1) is 6.42 Å². The summed E-state index contributed by atoms with van der Waals surface area (Å²) in [4.78, 5) is 5.12. The summed E-state index contributed by atoms with van der Waals surface area (Å²) in [6, 6.07) is 33.6. The first-order chi connectivity index (χ1) is 17.6. The fourth-order valence-electron chi connectivity index (χ4n) is 4.27. The number of allylic oxidation sites excluding steroid dienone is 4. The smallest absolute Gasteiger partial charge is 0.0946 e. The van der Waals surface area contributed by atoms with E-state index in [1.165, 1.54) is 5.56 Å². The van der Waals surface area contributed by atoms with E-state index >= 15 is 0 Å². The van der Waals surface area contributed by atoms with Crippen LogP contribution in [0.3, 0.4) is 0 Å². The molecule has 4 aromatic rings.